The number of aliphatic imine (C=N–C) groups is 1. The van der Waals surface area contributed by atoms with Crippen LogP contribution in [0, 0.1) is 0 Å². The Kier molecular flexibility index (Phi) is 2.53. The Labute approximate surface area is 104 Å². The van der Waals surface area contributed by atoms with Gasteiger partial charge in [0.15, 0.2) is 5.29 Å². The van der Waals surface area contributed by atoms with Crippen LogP contribution in [0.25, 0.3) is 0 Å². The molecule has 0 fully saturated rings. The highest BCUT2D eigenvalue weighted by Crippen LogP contribution is 2.34. The molecule has 17 heavy (non-hydrogen) atoms. The Bertz CT molecular complexity index is 566. The average molecular weight is 244 g/mol. The Morgan fingerprint density at radius 2 is 1.94 bits per heavy atom. The molecule has 0 spiro atoms. The zero-order valence-electron chi connectivity index (χ0n) is 8.97. The molecule has 1 aromatic heterocycles. The molecular formula is C13H10ClN3. The van der Waals surface area contributed by atoms with Crippen molar-refractivity contribution >= 4 is 22.6 Å². The van der Waals surface area contributed by atoms with Crippen molar-refractivity contribution in [2.45, 2.75) is 6.04 Å². The topological polar surface area (TPSA) is 37.3 Å². The van der Waals surface area contributed by atoms with Crippen LogP contribution in [0.15, 0.2) is 53.8 Å². The SMILES string of the molecule is ClC1=NC(c2ccccc2)c2ccncc2N1. The van der Waals surface area contributed by atoms with Crippen LogP contribution in [0.5, 0.6) is 0 Å². The van der Waals surface area contributed by atoms with Gasteiger partial charge in [0, 0.05) is 11.8 Å². The summed E-state index contributed by atoms with van der Waals surface area (Å²) in [6.45, 7) is 0. The monoisotopic (exact) mass is 243 g/mol. The van der Waals surface area contributed by atoms with Gasteiger partial charge in [0.05, 0.1) is 11.9 Å². The molecule has 1 aliphatic heterocycles. The molecule has 0 saturated carbocycles. The molecule has 0 amide bonds. The van der Waals surface area contributed by atoms with E-state index in [2.05, 4.69) is 15.3 Å². The number of nitrogens with one attached hydrogen (secondary N) is 1. The first-order chi connectivity index (χ1) is 8.34. The van der Waals surface area contributed by atoms with Gasteiger partial charge >= 0.3 is 0 Å². The third-order valence-corrected chi connectivity index (χ3v) is 2.94. The Hall–Kier alpha value is -1.87. The third-order valence-electron chi connectivity index (χ3n) is 2.74. The molecule has 1 atom stereocenters. The minimum atomic E-state index is -0.0528. The predicted molar refractivity (Wildman–Crippen MR) is 69.4 cm³/mol. The summed E-state index contributed by atoms with van der Waals surface area (Å²) in [4.78, 5) is 8.52. The summed E-state index contributed by atoms with van der Waals surface area (Å²) in [5, 5.41) is 3.41. The lowest BCUT2D eigenvalue weighted by molar-refractivity contribution is 0.864. The number of amidine groups is 1. The fourth-order valence-electron chi connectivity index (χ4n) is 1.96. The maximum atomic E-state index is 6.00. The van der Waals surface area contributed by atoms with Gasteiger partial charge in [0.1, 0.15) is 6.04 Å². The number of hydrogen-bond acceptors (Lipinski definition) is 3. The summed E-state index contributed by atoms with van der Waals surface area (Å²) in [6.07, 6.45) is 3.54. The summed E-state index contributed by atoms with van der Waals surface area (Å²) >= 11 is 6.00. The molecule has 2 aromatic rings. The van der Waals surface area contributed by atoms with E-state index in [0.717, 1.165) is 16.8 Å². The predicted octanol–water partition coefficient (Wildman–Crippen LogP) is 3.19. The van der Waals surface area contributed by atoms with Gasteiger partial charge in [-0.25, -0.2) is 4.99 Å². The summed E-state index contributed by atoms with van der Waals surface area (Å²) in [7, 11) is 0. The van der Waals surface area contributed by atoms with E-state index in [1.165, 1.54) is 0 Å². The zero-order chi connectivity index (χ0) is 11.7. The van der Waals surface area contributed by atoms with Crippen LogP contribution < -0.4 is 5.32 Å². The molecule has 3 nitrogen and oxygen atoms in total. The van der Waals surface area contributed by atoms with Crippen LogP contribution in [0.4, 0.5) is 5.69 Å². The molecule has 4 heteroatoms. The van der Waals surface area contributed by atoms with Crippen molar-refractivity contribution in [3.8, 4) is 0 Å². The molecule has 2 heterocycles. The van der Waals surface area contributed by atoms with Crippen LogP contribution in [-0.4, -0.2) is 10.3 Å². The second-order valence-corrected chi connectivity index (χ2v) is 4.18. The van der Waals surface area contributed by atoms with Gasteiger partial charge in [-0.1, -0.05) is 30.3 Å². The molecule has 1 unspecified atom stereocenters. The van der Waals surface area contributed by atoms with Crippen LogP contribution in [0.3, 0.4) is 0 Å². The molecular weight excluding hydrogens is 234 g/mol. The van der Waals surface area contributed by atoms with Crippen molar-refractivity contribution in [3.05, 3.63) is 59.9 Å². The van der Waals surface area contributed by atoms with E-state index in [4.69, 9.17) is 11.6 Å². The molecule has 3 rings (SSSR count). The van der Waals surface area contributed by atoms with Crippen LogP contribution in [-0.2, 0) is 0 Å². The zero-order valence-corrected chi connectivity index (χ0v) is 9.72. The lowest BCUT2D eigenvalue weighted by Gasteiger charge is -2.22. The minimum Gasteiger partial charge on any atom is -0.329 e. The number of nitrogens with zero attached hydrogens (tertiary/aromatic N) is 2. The second-order valence-electron chi connectivity index (χ2n) is 3.82. The highest BCUT2D eigenvalue weighted by Gasteiger charge is 2.21. The Morgan fingerprint density at radius 3 is 2.76 bits per heavy atom. The van der Waals surface area contributed by atoms with Crippen molar-refractivity contribution in [3.63, 3.8) is 0 Å². The molecule has 0 bridgehead atoms. The fraction of sp³-hybridized carbons (Fsp3) is 0.0769. The van der Waals surface area contributed by atoms with E-state index < -0.39 is 0 Å². The number of fused-ring (bicyclic) bond motifs is 1. The number of hydrogen-bond donors (Lipinski definition) is 1. The van der Waals surface area contributed by atoms with E-state index in [0.29, 0.717) is 5.29 Å². The van der Waals surface area contributed by atoms with Crippen LogP contribution in [0.1, 0.15) is 17.2 Å². The molecule has 1 N–H and O–H groups in total. The van der Waals surface area contributed by atoms with Crippen molar-refractivity contribution < 1.29 is 0 Å². The van der Waals surface area contributed by atoms with E-state index >= 15 is 0 Å². The van der Waals surface area contributed by atoms with Crippen LogP contribution >= 0.6 is 11.6 Å². The summed E-state index contributed by atoms with van der Waals surface area (Å²) in [5.41, 5.74) is 3.14. The van der Waals surface area contributed by atoms with Gasteiger partial charge in [-0.05, 0) is 23.2 Å². The number of aromatic nitrogens is 1. The van der Waals surface area contributed by atoms with Gasteiger partial charge in [-0.3, -0.25) is 4.98 Å². The first-order valence-corrected chi connectivity index (χ1v) is 5.71. The largest absolute Gasteiger partial charge is 0.329 e. The first-order valence-electron chi connectivity index (χ1n) is 5.34. The average Bonchev–Trinajstić information content (AvgIpc) is 2.39. The number of pyridine rings is 1. The highest BCUT2D eigenvalue weighted by molar-refractivity contribution is 6.67. The van der Waals surface area contributed by atoms with Crippen LogP contribution in [0.2, 0.25) is 0 Å². The maximum absolute atomic E-state index is 6.00. The van der Waals surface area contributed by atoms with Crippen molar-refractivity contribution in [1.29, 1.82) is 0 Å². The van der Waals surface area contributed by atoms with Gasteiger partial charge in [0.25, 0.3) is 0 Å². The van der Waals surface area contributed by atoms with E-state index in [1.807, 2.05) is 36.4 Å². The summed E-state index contributed by atoms with van der Waals surface area (Å²) in [5.74, 6) is 0. The number of benzene rings is 1. The molecule has 0 aliphatic carbocycles. The van der Waals surface area contributed by atoms with Crippen molar-refractivity contribution in [1.82, 2.24) is 4.98 Å². The lowest BCUT2D eigenvalue weighted by Crippen LogP contribution is -2.16. The highest BCUT2D eigenvalue weighted by atomic mass is 35.5. The number of halogens is 1. The maximum Gasteiger partial charge on any atom is 0.196 e. The summed E-state index contributed by atoms with van der Waals surface area (Å²) in [6, 6.07) is 12.0. The molecule has 0 saturated heterocycles. The number of anilines is 1. The lowest BCUT2D eigenvalue weighted by atomic mass is 9.98. The third kappa shape index (κ3) is 1.89. The first kappa shape index (κ1) is 10.3. The van der Waals surface area contributed by atoms with Gasteiger partial charge < -0.3 is 5.32 Å². The quantitative estimate of drug-likeness (QED) is 0.781. The Morgan fingerprint density at radius 1 is 1.12 bits per heavy atom. The van der Waals surface area contributed by atoms with E-state index in [1.54, 1.807) is 12.4 Å². The van der Waals surface area contributed by atoms with E-state index in [9.17, 15) is 0 Å². The normalized spacial score (nSPS) is 17.9. The van der Waals surface area contributed by atoms with Gasteiger partial charge in [0.2, 0.25) is 0 Å². The van der Waals surface area contributed by atoms with Crippen molar-refractivity contribution in [2.75, 3.05) is 5.32 Å². The second kappa shape index (κ2) is 4.18. The number of rotatable bonds is 1. The van der Waals surface area contributed by atoms with Gasteiger partial charge in [-0.15, -0.1) is 0 Å². The molecule has 84 valence electrons. The standard InChI is InChI=1S/C13H10ClN3/c14-13-16-11-8-15-7-6-10(11)12(17-13)9-4-2-1-3-5-9/h1-8,12H,(H,16,17). The molecule has 0 radical (unpaired) electrons. The fourth-order valence-corrected chi connectivity index (χ4v) is 2.16. The Balaban J connectivity index is 2.12. The van der Waals surface area contributed by atoms with E-state index in [-0.39, 0.29) is 6.04 Å². The molecule has 1 aromatic carbocycles. The van der Waals surface area contributed by atoms with Gasteiger partial charge in [-0.2, -0.15) is 0 Å². The molecule has 1 aliphatic rings. The minimum absolute atomic E-state index is 0.0528. The summed E-state index contributed by atoms with van der Waals surface area (Å²) < 4.78 is 0. The van der Waals surface area contributed by atoms with Crippen molar-refractivity contribution in [2.24, 2.45) is 4.99 Å². The smallest absolute Gasteiger partial charge is 0.196 e.